The van der Waals surface area contributed by atoms with Gasteiger partial charge >= 0.3 is 6.03 Å². The monoisotopic (exact) mass is 354 g/mol. The van der Waals surface area contributed by atoms with Crippen LogP contribution in [0.15, 0.2) is 24.3 Å². The molecule has 0 aliphatic carbocycles. The molecule has 0 bridgehead atoms. The molecule has 0 spiro atoms. The van der Waals surface area contributed by atoms with Gasteiger partial charge in [0.05, 0.1) is 6.54 Å². The van der Waals surface area contributed by atoms with Gasteiger partial charge in [-0.1, -0.05) is 0 Å². The predicted octanol–water partition coefficient (Wildman–Crippen LogP) is 2.06. The molecule has 8 heteroatoms. The van der Waals surface area contributed by atoms with Crippen LogP contribution >= 0.6 is 0 Å². The van der Waals surface area contributed by atoms with Crippen LogP contribution in [0.4, 0.5) is 16.2 Å². The average Bonchev–Trinajstić information content (AvgIpc) is 3.31. The molecule has 3 heterocycles. The lowest BCUT2D eigenvalue weighted by Crippen LogP contribution is -2.31. The van der Waals surface area contributed by atoms with Crippen LogP contribution in [0.5, 0.6) is 0 Å². The summed E-state index contributed by atoms with van der Waals surface area (Å²) in [7, 11) is 0. The van der Waals surface area contributed by atoms with Gasteiger partial charge in [0.2, 0.25) is 5.91 Å². The van der Waals surface area contributed by atoms with Crippen LogP contribution < -0.4 is 15.5 Å². The number of carbonyl (C=O) groups is 2. The second kappa shape index (κ2) is 6.78. The molecule has 0 radical (unpaired) electrons. The predicted molar refractivity (Wildman–Crippen MR) is 96.8 cm³/mol. The first kappa shape index (κ1) is 16.6. The van der Waals surface area contributed by atoms with Crippen molar-refractivity contribution < 1.29 is 9.59 Å². The minimum atomic E-state index is -0.293. The number of fused-ring (bicyclic) bond motifs is 1. The standard InChI is InChI=1S/C18H22N6O2/c1-12-4-9-17(25)24(12)14-7-5-13(6-8-14)20-18(26)19-11-16-22-21-15-3-2-10-23(15)16/h5-8,12H,2-4,9-11H2,1H3,(H2,19,20,26)/t12-/m0/s1. The number of hydrogen-bond donors (Lipinski definition) is 2. The van der Waals surface area contributed by atoms with Gasteiger partial charge in [-0.15, -0.1) is 10.2 Å². The number of carbonyl (C=O) groups excluding carboxylic acids is 2. The summed E-state index contributed by atoms with van der Waals surface area (Å²) in [6.45, 7) is 3.30. The zero-order valence-electron chi connectivity index (χ0n) is 14.7. The van der Waals surface area contributed by atoms with E-state index in [2.05, 4.69) is 25.4 Å². The van der Waals surface area contributed by atoms with Crippen LogP contribution in [-0.2, 0) is 24.3 Å². The van der Waals surface area contributed by atoms with Crippen molar-refractivity contribution in [3.05, 3.63) is 35.9 Å². The van der Waals surface area contributed by atoms with E-state index in [0.29, 0.717) is 18.7 Å². The van der Waals surface area contributed by atoms with Gasteiger partial charge in [0.1, 0.15) is 5.82 Å². The first-order valence-electron chi connectivity index (χ1n) is 9.00. The van der Waals surface area contributed by atoms with E-state index in [1.54, 1.807) is 0 Å². The average molecular weight is 354 g/mol. The highest BCUT2D eigenvalue weighted by Gasteiger charge is 2.28. The van der Waals surface area contributed by atoms with Gasteiger partial charge in [-0.25, -0.2) is 4.79 Å². The third-order valence-corrected chi connectivity index (χ3v) is 4.98. The van der Waals surface area contributed by atoms with E-state index >= 15 is 0 Å². The van der Waals surface area contributed by atoms with Gasteiger partial charge in [-0.05, 0) is 44.0 Å². The fourth-order valence-corrected chi connectivity index (χ4v) is 3.61. The van der Waals surface area contributed by atoms with Crippen LogP contribution in [-0.4, -0.2) is 32.7 Å². The van der Waals surface area contributed by atoms with Gasteiger partial charge in [-0.2, -0.15) is 0 Å². The zero-order chi connectivity index (χ0) is 18.1. The van der Waals surface area contributed by atoms with Crippen LogP contribution in [0.1, 0.15) is 37.8 Å². The Kier molecular flexibility index (Phi) is 4.32. The van der Waals surface area contributed by atoms with Gasteiger partial charge < -0.3 is 20.1 Å². The first-order valence-corrected chi connectivity index (χ1v) is 9.00. The van der Waals surface area contributed by atoms with E-state index in [0.717, 1.165) is 43.1 Å². The van der Waals surface area contributed by atoms with Gasteiger partial charge in [0.25, 0.3) is 0 Å². The summed E-state index contributed by atoms with van der Waals surface area (Å²) in [6.07, 6.45) is 3.50. The summed E-state index contributed by atoms with van der Waals surface area (Å²) in [4.78, 5) is 25.9. The summed E-state index contributed by atoms with van der Waals surface area (Å²) >= 11 is 0. The van der Waals surface area contributed by atoms with Crippen molar-refractivity contribution in [1.29, 1.82) is 0 Å². The lowest BCUT2D eigenvalue weighted by atomic mass is 10.2. The minimum absolute atomic E-state index is 0.150. The maximum absolute atomic E-state index is 12.1. The number of rotatable bonds is 4. The molecule has 2 aromatic rings. The number of anilines is 2. The Bertz CT molecular complexity index is 829. The lowest BCUT2D eigenvalue weighted by Gasteiger charge is -2.22. The van der Waals surface area contributed by atoms with E-state index in [9.17, 15) is 9.59 Å². The quantitative estimate of drug-likeness (QED) is 0.879. The van der Waals surface area contributed by atoms with E-state index in [1.165, 1.54) is 0 Å². The summed E-state index contributed by atoms with van der Waals surface area (Å²) in [6, 6.07) is 7.26. The van der Waals surface area contributed by atoms with Crippen LogP contribution in [0.2, 0.25) is 0 Å². The minimum Gasteiger partial charge on any atom is -0.331 e. The van der Waals surface area contributed by atoms with E-state index in [-0.39, 0.29) is 18.0 Å². The Morgan fingerprint density at radius 3 is 2.77 bits per heavy atom. The van der Waals surface area contributed by atoms with Crippen molar-refractivity contribution in [1.82, 2.24) is 20.1 Å². The van der Waals surface area contributed by atoms with Crippen molar-refractivity contribution in [2.45, 2.75) is 51.7 Å². The van der Waals surface area contributed by atoms with Crippen LogP contribution in [0, 0.1) is 0 Å². The maximum Gasteiger partial charge on any atom is 0.319 e. The zero-order valence-corrected chi connectivity index (χ0v) is 14.7. The highest BCUT2D eigenvalue weighted by molar-refractivity contribution is 5.96. The SMILES string of the molecule is C[C@H]1CCC(=O)N1c1ccc(NC(=O)NCc2nnc3n2CCC3)cc1. The number of amides is 3. The Morgan fingerprint density at radius 1 is 1.23 bits per heavy atom. The number of hydrogen-bond acceptors (Lipinski definition) is 4. The molecule has 2 N–H and O–H groups in total. The highest BCUT2D eigenvalue weighted by Crippen LogP contribution is 2.27. The molecule has 1 atom stereocenters. The van der Waals surface area contributed by atoms with Crippen molar-refractivity contribution in [3.63, 3.8) is 0 Å². The topological polar surface area (TPSA) is 92.2 Å². The number of nitrogens with one attached hydrogen (secondary N) is 2. The lowest BCUT2D eigenvalue weighted by molar-refractivity contribution is -0.117. The molecule has 1 aromatic heterocycles. The molecule has 2 aliphatic heterocycles. The summed E-state index contributed by atoms with van der Waals surface area (Å²) < 4.78 is 2.06. The molecular weight excluding hydrogens is 332 g/mol. The molecule has 0 saturated carbocycles. The normalized spacial score (nSPS) is 18.9. The highest BCUT2D eigenvalue weighted by atomic mass is 16.2. The second-order valence-corrected chi connectivity index (χ2v) is 6.79. The first-order chi connectivity index (χ1) is 12.6. The van der Waals surface area contributed by atoms with Crippen molar-refractivity contribution >= 4 is 23.3 Å². The number of aryl methyl sites for hydroxylation is 1. The molecular formula is C18H22N6O2. The summed E-state index contributed by atoms with van der Waals surface area (Å²) in [5.41, 5.74) is 1.54. The fraction of sp³-hybridized carbons (Fsp3) is 0.444. The third-order valence-electron chi connectivity index (χ3n) is 4.98. The van der Waals surface area contributed by atoms with Crippen LogP contribution in [0.25, 0.3) is 0 Å². The largest absolute Gasteiger partial charge is 0.331 e. The fourth-order valence-electron chi connectivity index (χ4n) is 3.61. The molecule has 0 unspecified atom stereocenters. The molecule has 2 aliphatic rings. The maximum atomic E-state index is 12.1. The molecule has 3 amide bonds. The number of aromatic nitrogens is 3. The second-order valence-electron chi connectivity index (χ2n) is 6.79. The van der Waals surface area contributed by atoms with E-state index in [4.69, 9.17) is 0 Å². The molecule has 26 heavy (non-hydrogen) atoms. The third kappa shape index (κ3) is 3.14. The molecule has 1 saturated heterocycles. The number of nitrogens with zero attached hydrogens (tertiary/aromatic N) is 4. The van der Waals surface area contributed by atoms with Crippen molar-refractivity contribution in [2.75, 3.05) is 10.2 Å². The molecule has 136 valence electrons. The Balaban J connectivity index is 1.33. The smallest absolute Gasteiger partial charge is 0.319 e. The number of benzene rings is 1. The Morgan fingerprint density at radius 2 is 2.04 bits per heavy atom. The molecule has 8 nitrogen and oxygen atoms in total. The van der Waals surface area contributed by atoms with Crippen molar-refractivity contribution in [2.24, 2.45) is 0 Å². The van der Waals surface area contributed by atoms with E-state index < -0.39 is 0 Å². The van der Waals surface area contributed by atoms with Crippen molar-refractivity contribution in [3.8, 4) is 0 Å². The Hall–Kier alpha value is -2.90. The molecule has 1 fully saturated rings. The van der Waals surface area contributed by atoms with Crippen LogP contribution in [0.3, 0.4) is 0 Å². The Labute approximate surface area is 151 Å². The summed E-state index contributed by atoms with van der Waals surface area (Å²) in [5.74, 6) is 1.92. The molecule has 1 aromatic carbocycles. The van der Waals surface area contributed by atoms with E-state index in [1.807, 2.05) is 36.1 Å². The summed E-state index contributed by atoms with van der Waals surface area (Å²) in [5, 5.41) is 13.9. The van der Waals surface area contributed by atoms with Gasteiger partial charge in [0, 0.05) is 36.8 Å². The molecule has 4 rings (SSSR count). The van der Waals surface area contributed by atoms with Gasteiger partial charge in [-0.3, -0.25) is 4.79 Å². The number of urea groups is 1. The van der Waals surface area contributed by atoms with Gasteiger partial charge in [0.15, 0.2) is 5.82 Å².